The number of benzene rings is 1. The first kappa shape index (κ1) is 14.2. The number of hydrogen-bond acceptors (Lipinski definition) is 2. The van der Waals surface area contributed by atoms with Gasteiger partial charge in [0.2, 0.25) is 0 Å². The summed E-state index contributed by atoms with van der Waals surface area (Å²) in [5, 5.41) is 3.61. The van der Waals surface area contributed by atoms with Gasteiger partial charge in [0.25, 0.3) is 0 Å². The van der Waals surface area contributed by atoms with Gasteiger partial charge in [-0.05, 0) is 48.2 Å². The molecule has 0 amide bonds. The fourth-order valence-corrected chi connectivity index (χ4v) is 2.37. The van der Waals surface area contributed by atoms with Crippen LogP contribution in [0.3, 0.4) is 0 Å². The summed E-state index contributed by atoms with van der Waals surface area (Å²) >= 11 is 3.47. The van der Waals surface area contributed by atoms with Crippen LogP contribution in [0, 0.1) is 6.92 Å². The first-order valence-corrected chi connectivity index (χ1v) is 7.38. The molecule has 0 radical (unpaired) electrons. The van der Waals surface area contributed by atoms with Gasteiger partial charge in [0, 0.05) is 29.5 Å². The lowest BCUT2D eigenvalue weighted by atomic mass is 10.0. The van der Waals surface area contributed by atoms with Crippen LogP contribution in [0.5, 0.6) is 0 Å². The van der Waals surface area contributed by atoms with Crippen molar-refractivity contribution in [2.75, 3.05) is 0 Å². The van der Waals surface area contributed by atoms with Crippen LogP contribution in [0.4, 0.5) is 0 Å². The number of pyridine rings is 1. The summed E-state index contributed by atoms with van der Waals surface area (Å²) in [5.41, 5.74) is 3.87. The van der Waals surface area contributed by atoms with E-state index in [4.69, 9.17) is 0 Å². The van der Waals surface area contributed by atoms with Crippen LogP contribution in [0.15, 0.2) is 47.2 Å². The summed E-state index contributed by atoms with van der Waals surface area (Å²) < 4.78 is 1.12. The zero-order valence-corrected chi connectivity index (χ0v) is 12.9. The van der Waals surface area contributed by atoms with Gasteiger partial charge >= 0.3 is 0 Å². The van der Waals surface area contributed by atoms with Gasteiger partial charge in [-0.25, -0.2) is 0 Å². The topological polar surface area (TPSA) is 24.9 Å². The monoisotopic (exact) mass is 318 g/mol. The molecule has 0 fully saturated rings. The number of hydrogen-bond donors (Lipinski definition) is 1. The summed E-state index contributed by atoms with van der Waals surface area (Å²) in [6.45, 7) is 5.18. The Balaban J connectivity index is 2.04. The number of halogens is 1. The third-order valence-electron chi connectivity index (χ3n) is 3.37. The molecule has 100 valence electrons. The van der Waals surface area contributed by atoms with Crippen molar-refractivity contribution in [2.45, 2.75) is 32.9 Å². The molecule has 2 nitrogen and oxygen atoms in total. The molecule has 19 heavy (non-hydrogen) atoms. The zero-order valence-electron chi connectivity index (χ0n) is 11.4. The molecule has 1 unspecified atom stereocenters. The fourth-order valence-electron chi connectivity index (χ4n) is 2.11. The van der Waals surface area contributed by atoms with Crippen LogP contribution < -0.4 is 5.32 Å². The summed E-state index contributed by atoms with van der Waals surface area (Å²) in [6, 6.07) is 11.0. The van der Waals surface area contributed by atoms with Gasteiger partial charge in [-0.15, -0.1) is 0 Å². The molecule has 1 atom stereocenters. The lowest BCUT2D eigenvalue weighted by Crippen LogP contribution is -2.20. The second-order valence-corrected chi connectivity index (χ2v) is 5.61. The molecule has 3 heteroatoms. The van der Waals surface area contributed by atoms with E-state index in [-0.39, 0.29) is 0 Å². The molecule has 0 aliphatic heterocycles. The minimum atomic E-state index is 0.382. The SMILES string of the molecule is CCC(NCc1cnccc1C)c1ccc(Br)cc1. The largest absolute Gasteiger partial charge is 0.306 e. The summed E-state index contributed by atoms with van der Waals surface area (Å²) in [4.78, 5) is 4.19. The molecule has 1 aromatic heterocycles. The van der Waals surface area contributed by atoms with Crippen LogP contribution >= 0.6 is 15.9 Å². The minimum absolute atomic E-state index is 0.382. The van der Waals surface area contributed by atoms with E-state index in [0.29, 0.717) is 6.04 Å². The Morgan fingerprint density at radius 3 is 2.58 bits per heavy atom. The Morgan fingerprint density at radius 2 is 1.95 bits per heavy atom. The molecule has 0 saturated heterocycles. The van der Waals surface area contributed by atoms with E-state index in [2.05, 4.69) is 70.4 Å². The lowest BCUT2D eigenvalue weighted by Gasteiger charge is -2.18. The quantitative estimate of drug-likeness (QED) is 0.884. The number of aromatic nitrogens is 1. The maximum atomic E-state index is 4.19. The van der Waals surface area contributed by atoms with Crippen molar-refractivity contribution in [1.82, 2.24) is 10.3 Å². The van der Waals surface area contributed by atoms with E-state index in [0.717, 1.165) is 17.4 Å². The Bertz CT molecular complexity index is 523. The summed E-state index contributed by atoms with van der Waals surface area (Å²) in [7, 11) is 0. The van der Waals surface area contributed by atoms with Gasteiger partial charge in [0.15, 0.2) is 0 Å². The predicted octanol–water partition coefficient (Wildman–Crippen LogP) is 4.39. The predicted molar refractivity (Wildman–Crippen MR) is 83.0 cm³/mol. The van der Waals surface area contributed by atoms with Gasteiger partial charge in [-0.1, -0.05) is 35.0 Å². The second kappa shape index (κ2) is 6.83. The zero-order chi connectivity index (χ0) is 13.7. The molecule has 1 aromatic carbocycles. The van der Waals surface area contributed by atoms with Crippen molar-refractivity contribution in [3.63, 3.8) is 0 Å². The molecule has 0 saturated carbocycles. The molecular formula is C16H19BrN2. The highest BCUT2D eigenvalue weighted by atomic mass is 79.9. The fraction of sp³-hybridized carbons (Fsp3) is 0.312. The van der Waals surface area contributed by atoms with E-state index in [1.807, 2.05) is 12.4 Å². The van der Waals surface area contributed by atoms with Gasteiger partial charge in [0.1, 0.15) is 0 Å². The van der Waals surface area contributed by atoms with E-state index in [9.17, 15) is 0 Å². The molecular weight excluding hydrogens is 300 g/mol. The highest BCUT2D eigenvalue weighted by Crippen LogP contribution is 2.20. The minimum Gasteiger partial charge on any atom is -0.306 e. The van der Waals surface area contributed by atoms with E-state index < -0.39 is 0 Å². The molecule has 0 aliphatic rings. The average Bonchev–Trinajstić information content (AvgIpc) is 2.43. The van der Waals surface area contributed by atoms with Crippen LogP contribution in [0.25, 0.3) is 0 Å². The third kappa shape index (κ3) is 3.88. The van der Waals surface area contributed by atoms with Crippen molar-refractivity contribution in [3.05, 3.63) is 63.9 Å². The number of rotatable bonds is 5. The Morgan fingerprint density at radius 1 is 1.21 bits per heavy atom. The van der Waals surface area contributed by atoms with Crippen LogP contribution in [-0.2, 0) is 6.54 Å². The Kier molecular flexibility index (Phi) is 5.11. The van der Waals surface area contributed by atoms with Crippen molar-refractivity contribution in [1.29, 1.82) is 0 Å². The Labute approximate surface area is 123 Å². The van der Waals surface area contributed by atoms with Gasteiger partial charge in [-0.2, -0.15) is 0 Å². The third-order valence-corrected chi connectivity index (χ3v) is 3.90. The molecule has 0 spiro atoms. The number of aryl methyl sites for hydroxylation is 1. The van der Waals surface area contributed by atoms with Crippen molar-refractivity contribution >= 4 is 15.9 Å². The highest BCUT2D eigenvalue weighted by Gasteiger charge is 2.09. The summed E-state index contributed by atoms with van der Waals surface area (Å²) in [6.07, 6.45) is 4.85. The second-order valence-electron chi connectivity index (χ2n) is 4.70. The smallest absolute Gasteiger partial charge is 0.0320 e. The van der Waals surface area contributed by atoms with Crippen molar-refractivity contribution in [2.24, 2.45) is 0 Å². The molecule has 0 bridgehead atoms. The highest BCUT2D eigenvalue weighted by molar-refractivity contribution is 9.10. The van der Waals surface area contributed by atoms with Crippen LogP contribution in [0.2, 0.25) is 0 Å². The first-order valence-electron chi connectivity index (χ1n) is 6.59. The normalized spacial score (nSPS) is 12.4. The lowest BCUT2D eigenvalue weighted by molar-refractivity contribution is 0.517. The van der Waals surface area contributed by atoms with Crippen LogP contribution in [0.1, 0.15) is 36.1 Å². The number of nitrogens with zero attached hydrogens (tertiary/aromatic N) is 1. The molecule has 1 N–H and O–H groups in total. The van der Waals surface area contributed by atoms with Crippen molar-refractivity contribution in [3.8, 4) is 0 Å². The van der Waals surface area contributed by atoms with Gasteiger partial charge < -0.3 is 5.32 Å². The van der Waals surface area contributed by atoms with Gasteiger partial charge in [0.05, 0.1) is 0 Å². The maximum absolute atomic E-state index is 4.19. The van der Waals surface area contributed by atoms with E-state index >= 15 is 0 Å². The molecule has 2 aromatic rings. The summed E-state index contributed by atoms with van der Waals surface area (Å²) in [5.74, 6) is 0. The standard InChI is InChI=1S/C16H19BrN2/c1-3-16(13-4-6-15(17)7-5-13)19-11-14-10-18-9-8-12(14)2/h4-10,16,19H,3,11H2,1-2H3. The van der Waals surface area contributed by atoms with Gasteiger partial charge in [-0.3, -0.25) is 4.98 Å². The maximum Gasteiger partial charge on any atom is 0.0320 e. The number of nitrogens with one attached hydrogen (secondary N) is 1. The van der Waals surface area contributed by atoms with E-state index in [1.54, 1.807) is 0 Å². The average molecular weight is 319 g/mol. The van der Waals surface area contributed by atoms with Crippen molar-refractivity contribution < 1.29 is 0 Å². The van der Waals surface area contributed by atoms with Crippen LogP contribution in [-0.4, -0.2) is 4.98 Å². The first-order chi connectivity index (χ1) is 9.20. The molecule has 1 heterocycles. The van der Waals surface area contributed by atoms with E-state index in [1.165, 1.54) is 16.7 Å². The Hall–Kier alpha value is -1.19. The molecule has 2 rings (SSSR count). The molecule has 0 aliphatic carbocycles.